The number of methoxy groups -OCH3 is 1. The molecule has 1 aromatic carbocycles. The molecule has 0 saturated heterocycles. The van der Waals surface area contributed by atoms with Crippen LogP contribution >= 0.6 is 35.7 Å². The van der Waals surface area contributed by atoms with Crippen LogP contribution < -0.4 is 15.4 Å². The lowest BCUT2D eigenvalue weighted by Crippen LogP contribution is -2.40. The third-order valence-electron chi connectivity index (χ3n) is 3.48. The molecule has 0 saturated carbocycles. The zero-order valence-electron chi connectivity index (χ0n) is 15.1. The quantitative estimate of drug-likeness (QED) is 0.312. The second-order valence-corrected chi connectivity index (χ2v) is 7.34. The molecular formula is C17H30IN3O2S. The summed E-state index contributed by atoms with van der Waals surface area (Å²) in [4.78, 5) is 4.59. The molecule has 3 N–H and O–H groups in total. The van der Waals surface area contributed by atoms with Gasteiger partial charge in [-0.15, -0.1) is 24.0 Å². The van der Waals surface area contributed by atoms with Crippen molar-refractivity contribution in [2.24, 2.45) is 4.99 Å². The second-order valence-electron chi connectivity index (χ2n) is 5.83. The minimum absolute atomic E-state index is 0. The van der Waals surface area contributed by atoms with Crippen LogP contribution in [0.15, 0.2) is 29.3 Å². The van der Waals surface area contributed by atoms with Crippen LogP contribution in [0.4, 0.5) is 0 Å². The molecule has 0 radical (unpaired) electrons. The number of aliphatic hydroxyl groups excluding tert-OH is 1. The first-order valence-corrected chi connectivity index (χ1v) is 9.03. The van der Waals surface area contributed by atoms with E-state index >= 15 is 0 Å². The zero-order chi connectivity index (χ0) is 17.3. The fraction of sp³-hybridized carbons (Fsp3) is 0.588. The summed E-state index contributed by atoms with van der Waals surface area (Å²) in [6.45, 7) is 8.24. The van der Waals surface area contributed by atoms with E-state index < -0.39 is 6.10 Å². The van der Waals surface area contributed by atoms with E-state index in [0.29, 0.717) is 13.1 Å². The number of nitrogens with zero attached hydrogens (tertiary/aromatic N) is 1. The van der Waals surface area contributed by atoms with Gasteiger partial charge in [-0.3, -0.25) is 4.99 Å². The lowest BCUT2D eigenvalue weighted by molar-refractivity contribution is 0.180. The van der Waals surface area contributed by atoms with Gasteiger partial charge < -0.3 is 20.5 Å². The third kappa shape index (κ3) is 8.43. The highest BCUT2D eigenvalue weighted by Gasteiger charge is 2.15. The molecule has 1 rings (SSSR count). The molecule has 0 spiro atoms. The van der Waals surface area contributed by atoms with Crippen LogP contribution in [-0.4, -0.2) is 48.8 Å². The summed E-state index contributed by atoms with van der Waals surface area (Å²) in [7, 11) is 1.63. The number of hydrogen-bond donors (Lipinski definition) is 3. The lowest BCUT2D eigenvalue weighted by atomic mass is 10.1. The highest BCUT2D eigenvalue weighted by molar-refractivity contribution is 14.0. The molecule has 0 aromatic heterocycles. The average molecular weight is 467 g/mol. The van der Waals surface area contributed by atoms with Crippen LogP contribution in [-0.2, 0) is 0 Å². The first-order valence-electron chi connectivity index (χ1n) is 7.81. The number of benzene rings is 1. The predicted molar refractivity (Wildman–Crippen MR) is 115 cm³/mol. The Morgan fingerprint density at radius 2 is 1.92 bits per heavy atom. The largest absolute Gasteiger partial charge is 0.497 e. The van der Waals surface area contributed by atoms with Crippen molar-refractivity contribution in [3.63, 3.8) is 0 Å². The van der Waals surface area contributed by atoms with Gasteiger partial charge in [0.15, 0.2) is 5.96 Å². The van der Waals surface area contributed by atoms with E-state index in [1.807, 2.05) is 31.2 Å². The normalized spacial score (nSPS) is 13.0. The number of nitrogens with one attached hydrogen (secondary N) is 2. The van der Waals surface area contributed by atoms with Crippen LogP contribution in [0, 0.1) is 0 Å². The lowest BCUT2D eigenvalue weighted by Gasteiger charge is -2.21. The fourth-order valence-electron chi connectivity index (χ4n) is 1.81. The molecule has 138 valence electrons. The molecule has 0 heterocycles. The Hall–Kier alpha value is -0.670. The first-order chi connectivity index (χ1) is 10.9. The number of aliphatic imine (C=N–C) groups is 1. The summed E-state index contributed by atoms with van der Waals surface area (Å²) >= 11 is 1.79. The van der Waals surface area contributed by atoms with Gasteiger partial charge >= 0.3 is 0 Å². The van der Waals surface area contributed by atoms with E-state index in [-0.39, 0.29) is 28.7 Å². The van der Waals surface area contributed by atoms with Gasteiger partial charge in [0.2, 0.25) is 0 Å². The Labute approximate surface area is 167 Å². The summed E-state index contributed by atoms with van der Waals surface area (Å²) in [5, 5.41) is 16.7. The number of ether oxygens (including phenoxy) is 1. The molecule has 5 nitrogen and oxygen atoms in total. The zero-order valence-corrected chi connectivity index (χ0v) is 18.3. The number of thioether (sulfide) groups is 1. The Bertz CT molecular complexity index is 495. The van der Waals surface area contributed by atoms with Gasteiger partial charge in [-0.1, -0.05) is 12.1 Å². The predicted octanol–water partition coefficient (Wildman–Crippen LogP) is 3.04. The molecule has 0 aliphatic rings. The van der Waals surface area contributed by atoms with E-state index in [0.717, 1.165) is 23.8 Å². The molecule has 0 bridgehead atoms. The Kier molecular flexibility index (Phi) is 11.5. The SMILES string of the molecule is CCNC(=NCC(C)(C)SC)NCC(O)c1ccc(OC)cc1.I. The molecular weight excluding hydrogens is 437 g/mol. The Morgan fingerprint density at radius 3 is 2.42 bits per heavy atom. The molecule has 0 aliphatic carbocycles. The number of hydrogen-bond acceptors (Lipinski definition) is 4. The summed E-state index contributed by atoms with van der Waals surface area (Å²) < 4.78 is 5.22. The summed E-state index contributed by atoms with van der Waals surface area (Å²) in [6.07, 6.45) is 1.49. The maximum absolute atomic E-state index is 10.3. The smallest absolute Gasteiger partial charge is 0.191 e. The van der Waals surface area contributed by atoms with Crippen LogP contribution in [0.3, 0.4) is 0 Å². The van der Waals surface area contributed by atoms with E-state index in [2.05, 4.69) is 35.7 Å². The number of aliphatic hydroxyl groups is 1. The van der Waals surface area contributed by atoms with Gasteiger partial charge in [0.1, 0.15) is 5.75 Å². The van der Waals surface area contributed by atoms with Crippen LogP contribution in [0.5, 0.6) is 5.75 Å². The highest BCUT2D eigenvalue weighted by atomic mass is 127. The van der Waals surface area contributed by atoms with Crippen molar-refractivity contribution in [2.45, 2.75) is 31.6 Å². The monoisotopic (exact) mass is 467 g/mol. The average Bonchev–Trinajstić information content (AvgIpc) is 2.57. The van der Waals surface area contributed by atoms with Crippen molar-refractivity contribution in [2.75, 3.05) is 33.0 Å². The second kappa shape index (κ2) is 11.8. The van der Waals surface area contributed by atoms with E-state index in [1.165, 1.54) is 0 Å². The van der Waals surface area contributed by atoms with Crippen LogP contribution in [0.2, 0.25) is 0 Å². The number of halogens is 1. The van der Waals surface area contributed by atoms with Gasteiger partial charge in [-0.2, -0.15) is 11.8 Å². The molecule has 7 heteroatoms. The van der Waals surface area contributed by atoms with E-state index in [9.17, 15) is 5.11 Å². The highest BCUT2D eigenvalue weighted by Crippen LogP contribution is 2.21. The standard InChI is InChI=1S/C17H29N3O2S.HI/c1-6-18-16(20-12-17(2,3)23-5)19-11-15(21)13-7-9-14(22-4)10-8-13;/h7-10,15,21H,6,11-12H2,1-5H3,(H2,18,19,20);1H. The topological polar surface area (TPSA) is 65.9 Å². The Morgan fingerprint density at radius 1 is 1.29 bits per heavy atom. The molecule has 0 amide bonds. The molecule has 0 fully saturated rings. The van der Waals surface area contributed by atoms with Gasteiger partial charge in [0.05, 0.1) is 19.8 Å². The summed E-state index contributed by atoms with van der Waals surface area (Å²) in [5.41, 5.74) is 0.846. The molecule has 1 unspecified atom stereocenters. The van der Waals surface area contributed by atoms with E-state index in [1.54, 1.807) is 18.9 Å². The minimum Gasteiger partial charge on any atom is -0.497 e. The third-order valence-corrected chi connectivity index (χ3v) is 4.71. The summed E-state index contributed by atoms with van der Waals surface area (Å²) in [5.74, 6) is 1.50. The maximum atomic E-state index is 10.3. The van der Waals surface area contributed by atoms with Crippen LogP contribution in [0.1, 0.15) is 32.4 Å². The van der Waals surface area contributed by atoms with Crippen molar-refractivity contribution >= 4 is 41.7 Å². The van der Waals surface area contributed by atoms with Gasteiger partial charge in [0.25, 0.3) is 0 Å². The van der Waals surface area contributed by atoms with Crippen molar-refractivity contribution < 1.29 is 9.84 Å². The van der Waals surface area contributed by atoms with Gasteiger partial charge in [-0.05, 0) is 44.7 Å². The maximum Gasteiger partial charge on any atom is 0.191 e. The first kappa shape index (κ1) is 23.3. The number of guanidine groups is 1. The molecule has 1 atom stereocenters. The van der Waals surface area contributed by atoms with Gasteiger partial charge in [0, 0.05) is 17.8 Å². The Balaban J connectivity index is 0.00000529. The molecule has 0 aliphatic heterocycles. The number of rotatable bonds is 8. The summed E-state index contributed by atoms with van der Waals surface area (Å²) in [6, 6.07) is 7.43. The fourth-order valence-corrected chi connectivity index (χ4v) is 2.01. The van der Waals surface area contributed by atoms with Crippen molar-refractivity contribution in [1.82, 2.24) is 10.6 Å². The van der Waals surface area contributed by atoms with Crippen molar-refractivity contribution in [3.8, 4) is 5.75 Å². The van der Waals surface area contributed by atoms with E-state index in [4.69, 9.17) is 4.74 Å². The van der Waals surface area contributed by atoms with Gasteiger partial charge in [-0.25, -0.2) is 0 Å². The molecule has 24 heavy (non-hydrogen) atoms. The van der Waals surface area contributed by atoms with Crippen molar-refractivity contribution in [3.05, 3.63) is 29.8 Å². The minimum atomic E-state index is -0.599. The molecule has 1 aromatic rings. The van der Waals surface area contributed by atoms with Crippen LogP contribution in [0.25, 0.3) is 0 Å². The van der Waals surface area contributed by atoms with Crippen molar-refractivity contribution in [1.29, 1.82) is 0 Å².